The molecule has 0 atom stereocenters. The SMILES string of the molecule is CCCCOc1ccc(S(=O)(=O)NCCNc2cc(Nc3ccccn3)nc(C)n2)cc1. The van der Waals surface area contributed by atoms with E-state index in [1.54, 1.807) is 43.5 Å². The minimum absolute atomic E-state index is 0.195. The van der Waals surface area contributed by atoms with E-state index in [1.807, 2.05) is 18.2 Å². The Morgan fingerprint density at radius 2 is 1.75 bits per heavy atom. The number of rotatable bonds is 12. The molecule has 0 aliphatic rings. The fourth-order valence-electron chi connectivity index (χ4n) is 2.80. The number of anilines is 3. The number of benzene rings is 1. The molecule has 1 aromatic carbocycles. The maximum atomic E-state index is 12.5. The maximum Gasteiger partial charge on any atom is 0.240 e. The lowest BCUT2D eigenvalue weighted by molar-refractivity contribution is 0.309. The van der Waals surface area contributed by atoms with Gasteiger partial charge < -0.3 is 15.4 Å². The lowest BCUT2D eigenvalue weighted by Crippen LogP contribution is -2.29. The van der Waals surface area contributed by atoms with E-state index in [-0.39, 0.29) is 11.4 Å². The van der Waals surface area contributed by atoms with Crippen molar-refractivity contribution in [3.8, 4) is 5.75 Å². The average Bonchev–Trinajstić information content (AvgIpc) is 2.78. The van der Waals surface area contributed by atoms with Crippen LogP contribution in [0.5, 0.6) is 5.75 Å². The number of ether oxygens (including phenoxy) is 1. The minimum Gasteiger partial charge on any atom is -0.494 e. The molecule has 0 saturated carbocycles. The topological polar surface area (TPSA) is 118 Å². The fourth-order valence-corrected chi connectivity index (χ4v) is 3.83. The molecule has 3 rings (SSSR count). The number of nitrogens with zero attached hydrogens (tertiary/aromatic N) is 3. The molecule has 0 spiro atoms. The highest BCUT2D eigenvalue weighted by Gasteiger charge is 2.13. The highest BCUT2D eigenvalue weighted by atomic mass is 32.2. The molecule has 0 bridgehead atoms. The van der Waals surface area contributed by atoms with Crippen molar-refractivity contribution in [1.29, 1.82) is 0 Å². The van der Waals surface area contributed by atoms with Gasteiger partial charge in [0.15, 0.2) is 0 Å². The summed E-state index contributed by atoms with van der Waals surface area (Å²) in [6.45, 7) is 5.05. The second-order valence-corrected chi connectivity index (χ2v) is 8.79. The van der Waals surface area contributed by atoms with Crippen molar-refractivity contribution >= 4 is 27.5 Å². The van der Waals surface area contributed by atoms with Crippen LogP contribution in [0.1, 0.15) is 25.6 Å². The van der Waals surface area contributed by atoms with Crippen LogP contribution in [0.3, 0.4) is 0 Å². The number of unbranched alkanes of at least 4 members (excludes halogenated alkanes) is 1. The van der Waals surface area contributed by atoms with Gasteiger partial charge in [0.2, 0.25) is 10.0 Å². The summed E-state index contributed by atoms with van der Waals surface area (Å²) in [6.07, 6.45) is 3.69. The number of pyridine rings is 1. The third kappa shape index (κ3) is 7.17. The van der Waals surface area contributed by atoms with Crippen LogP contribution in [-0.2, 0) is 10.0 Å². The van der Waals surface area contributed by atoms with E-state index in [1.165, 1.54) is 0 Å². The van der Waals surface area contributed by atoms with Crippen molar-refractivity contribution in [2.24, 2.45) is 0 Å². The van der Waals surface area contributed by atoms with Crippen LogP contribution in [0.15, 0.2) is 59.6 Å². The number of sulfonamides is 1. The van der Waals surface area contributed by atoms with Gasteiger partial charge in [0.25, 0.3) is 0 Å². The molecule has 10 heteroatoms. The van der Waals surface area contributed by atoms with Gasteiger partial charge in [-0.2, -0.15) is 0 Å². The number of hydrogen-bond donors (Lipinski definition) is 3. The predicted molar refractivity (Wildman–Crippen MR) is 125 cm³/mol. The molecule has 0 fully saturated rings. The minimum atomic E-state index is -3.61. The molecule has 3 N–H and O–H groups in total. The van der Waals surface area contributed by atoms with E-state index < -0.39 is 10.0 Å². The van der Waals surface area contributed by atoms with E-state index in [4.69, 9.17) is 4.74 Å². The summed E-state index contributed by atoms with van der Waals surface area (Å²) in [5.41, 5.74) is 0. The summed E-state index contributed by atoms with van der Waals surface area (Å²) in [5.74, 6) is 3.10. The summed E-state index contributed by atoms with van der Waals surface area (Å²) in [6, 6.07) is 13.7. The molecule has 9 nitrogen and oxygen atoms in total. The second-order valence-electron chi connectivity index (χ2n) is 7.02. The van der Waals surface area contributed by atoms with Crippen molar-refractivity contribution in [2.45, 2.75) is 31.6 Å². The van der Waals surface area contributed by atoms with Crippen molar-refractivity contribution in [3.05, 3.63) is 60.6 Å². The number of aryl methyl sites for hydroxylation is 1. The van der Waals surface area contributed by atoms with Gasteiger partial charge in [0.05, 0.1) is 11.5 Å². The molecule has 0 radical (unpaired) electrons. The summed E-state index contributed by atoms with van der Waals surface area (Å²) in [4.78, 5) is 13.1. The van der Waals surface area contributed by atoms with Crippen molar-refractivity contribution in [3.63, 3.8) is 0 Å². The quantitative estimate of drug-likeness (QED) is 0.355. The normalized spacial score (nSPS) is 11.2. The van der Waals surface area contributed by atoms with E-state index in [2.05, 4.69) is 37.2 Å². The van der Waals surface area contributed by atoms with Gasteiger partial charge >= 0.3 is 0 Å². The molecule has 3 aromatic rings. The van der Waals surface area contributed by atoms with Crippen LogP contribution in [0.25, 0.3) is 0 Å². The first-order valence-corrected chi connectivity index (χ1v) is 11.9. The Balaban J connectivity index is 1.51. The Hall–Kier alpha value is -3.24. The lowest BCUT2D eigenvalue weighted by atomic mass is 10.3. The Bertz CT molecular complexity index is 1090. The highest BCUT2D eigenvalue weighted by molar-refractivity contribution is 7.89. The van der Waals surface area contributed by atoms with Crippen LogP contribution in [-0.4, -0.2) is 43.1 Å². The third-order valence-electron chi connectivity index (χ3n) is 4.38. The zero-order valence-corrected chi connectivity index (χ0v) is 19.0. The summed E-state index contributed by atoms with van der Waals surface area (Å²) >= 11 is 0. The van der Waals surface area contributed by atoms with Gasteiger partial charge in [-0.3, -0.25) is 0 Å². The van der Waals surface area contributed by atoms with Crippen molar-refractivity contribution in [1.82, 2.24) is 19.7 Å². The molecule has 2 aromatic heterocycles. The Morgan fingerprint density at radius 1 is 0.969 bits per heavy atom. The number of nitrogens with one attached hydrogen (secondary N) is 3. The van der Waals surface area contributed by atoms with Gasteiger partial charge in [0.1, 0.15) is 29.0 Å². The zero-order valence-electron chi connectivity index (χ0n) is 18.2. The van der Waals surface area contributed by atoms with E-state index in [0.29, 0.717) is 42.2 Å². The number of hydrogen-bond acceptors (Lipinski definition) is 8. The van der Waals surface area contributed by atoms with E-state index >= 15 is 0 Å². The first-order chi connectivity index (χ1) is 15.5. The van der Waals surface area contributed by atoms with E-state index in [9.17, 15) is 8.42 Å². The summed E-state index contributed by atoms with van der Waals surface area (Å²) in [5, 5.41) is 6.23. The second kappa shape index (κ2) is 11.4. The average molecular weight is 457 g/mol. The molecule has 0 aliphatic heterocycles. The first kappa shape index (κ1) is 23.4. The fraction of sp³-hybridized carbons (Fsp3) is 0.318. The van der Waals surface area contributed by atoms with Gasteiger partial charge in [-0.1, -0.05) is 19.4 Å². The van der Waals surface area contributed by atoms with Crippen LogP contribution in [0.2, 0.25) is 0 Å². The van der Waals surface area contributed by atoms with Crippen LogP contribution in [0, 0.1) is 6.92 Å². The summed E-state index contributed by atoms with van der Waals surface area (Å²) in [7, 11) is -3.61. The molecular weight excluding hydrogens is 428 g/mol. The monoisotopic (exact) mass is 456 g/mol. The van der Waals surface area contributed by atoms with Gasteiger partial charge in [-0.15, -0.1) is 0 Å². The Morgan fingerprint density at radius 3 is 2.47 bits per heavy atom. The molecular formula is C22H28N6O3S. The standard InChI is InChI=1S/C22H28N6O3S/c1-3-4-15-31-18-8-10-19(11-9-18)32(29,30)25-14-13-24-21-16-22(27-17(2)26-21)28-20-7-5-6-12-23-20/h5-12,16,25H,3-4,13-15H2,1-2H3,(H2,23,24,26,27,28). The third-order valence-corrected chi connectivity index (χ3v) is 5.86. The van der Waals surface area contributed by atoms with Gasteiger partial charge in [0, 0.05) is 25.4 Å². The molecule has 170 valence electrons. The molecule has 0 amide bonds. The zero-order chi connectivity index (χ0) is 22.8. The highest BCUT2D eigenvalue weighted by Crippen LogP contribution is 2.17. The lowest BCUT2D eigenvalue weighted by Gasteiger charge is -2.11. The first-order valence-electron chi connectivity index (χ1n) is 10.5. The van der Waals surface area contributed by atoms with Gasteiger partial charge in [-0.25, -0.2) is 28.1 Å². The van der Waals surface area contributed by atoms with Crippen LogP contribution in [0.4, 0.5) is 17.5 Å². The summed E-state index contributed by atoms with van der Waals surface area (Å²) < 4.78 is 33.2. The molecule has 0 unspecified atom stereocenters. The molecule has 32 heavy (non-hydrogen) atoms. The molecule has 0 aliphatic carbocycles. The number of aromatic nitrogens is 3. The van der Waals surface area contributed by atoms with Gasteiger partial charge in [-0.05, 0) is 49.7 Å². The smallest absolute Gasteiger partial charge is 0.240 e. The van der Waals surface area contributed by atoms with Crippen molar-refractivity contribution < 1.29 is 13.2 Å². The largest absolute Gasteiger partial charge is 0.494 e. The predicted octanol–water partition coefficient (Wildman–Crippen LogP) is 3.49. The van der Waals surface area contributed by atoms with E-state index in [0.717, 1.165) is 12.8 Å². The molecule has 2 heterocycles. The Labute approximate surface area is 188 Å². The van der Waals surface area contributed by atoms with Crippen LogP contribution >= 0.6 is 0 Å². The van der Waals surface area contributed by atoms with Crippen LogP contribution < -0.4 is 20.1 Å². The Kier molecular flexibility index (Phi) is 8.34. The maximum absolute atomic E-state index is 12.5. The molecule has 0 saturated heterocycles. The van der Waals surface area contributed by atoms with Crippen molar-refractivity contribution in [2.75, 3.05) is 30.3 Å².